The van der Waals surface area contributed by atoms with Gasteiger partial charge >= 0.3 is 0 Å². The number of carbonyl (C=O) groups excluding carboxylic acids is 2. The molecule has 3 aromatic rings. The Bertz CT molecular complexity index is 1270. The average Bonchev–Trinajstić information content (AvgIpc) is 2.89. The monoisotopic (exact) mass is 575 g/mol. The normalized spacial score (nSPS) is 11.7. The first kappa shape index (κ1) is 29.6. The molecule has 0 heterocycles. The summed E-state index contributed by atoms with van der Waals surface area (Å²) < 4.78 is 24.9. The topological polar surface area (TPSA) is 105 Å². The lowest BCUT2D eigenvalue weighted by molar-refractivity contribution is -0.121. The third kappa shape index (κ3) is 8.82. The third-order valence-corrected chi connectivity index (χ3v) is 7.25. The zero-order chi connectivity index (χ0) is 27.7. The molecule has 3 rings (SSSR count). The van der Waals surface area contributed by atoms with Gasteiger partial charge < -0.3 is 24.4 Å². The lowest BCUT2D eigenvalue weighted by atomic mass is 10.1. The molecular weight excluding hydrogens is 547 g/mol. The largest absolute Gasteiger partial charge is 0.755 e. The number of nitrogens with one attached hydrogen (secondary N) is 2. The van der Waals surface area contributed by atoms with Gasteiger partial charge in [-0.05, 0) is 67.5 Å². The Balaban J connectivity index is 1.53. The Kier molecular flexibility index (Phi) is 11.1. The molecule has 0 bridgehead atoms. The molecule has 2 N–H and O–H groups in total. The fourth-order valence-corrected chi connectivity index (χ4v) is 4.58. The van der Waals surface area contributed by atoms with Crippen molar-refractivity contribution < 1.29 is 18.4 Å². The SMILES string of the molecule is CN(C)CC(=O)NCc1ccc(CNC(=O)c2ccc(N(CCc3cccc(Cl)c3Cl)S(=O)[O-])cc2)cc1. The van der Waals surface area contributed by atoms with E-state index in [0.29, 0.717) is 47.4 Å². The first-order valence-electron chi connectivity index (χ1n) is 11.8. The lowest BCUT2D eigenvalue weighted by Crippen LogP contribution is -2.32. The second kappa shape index (κ2) is 14.3. The van der Waals surface area contributed by atoms with E-state index in [1.165, 1.54) is 4.31 Å². The van der Waals surface area contributed by atoms with Crippen molar-refractivity contribution in [1.82, 2.24) is 15.5 Å². The van der Waals surface area contributed by atoms with E-state index in [2.05, 4.69) is 10.6 Å². The van der Waals surface area contributed by atoms with E-state index < -0.39 is 11.3 Å². The van der Waals surface area contributed by atoms with E-state index >= 15 is 0 Å². The van der Waals surface area contributed by atoms with Gasteiger partial charge in [-0.3, -0.25) is 13.8 Å². The fraction of sp³-hybridized carbons (Fsp3) is 0.259. The summed E-state index contributed by atoms with van der Waals surface area (Å²) >= 11 is 9.75. The Hall–Kier alpha value is -2.95. The number of anilines is 1. The third-order valence-electron chi connectivity index (χ3n) is 5.64. The maximum absolute atomic E-state index is 12.6. The first-order chi connectivity index (χ1) is 18.1. The summed E-state index contributed by atoms with van der Waals surface area (Å²) in [4.78, 5) is 26.2. The minimum atomic E-state index is -2.51. The van der Waals surface area contributed by atoms with Gasteiger partial charge in [-0.25, -0.2) is 0 Å². The van der Waals surface area contributed by atoms with Crippen LogP contribution in [0.3, 0.4) is 0 Å². The molecule has 3 aromatic carbocycles. The van der Waals surface area contributed by atoms with E-state index in [4.69, 9.17) is 23.2 Å². The van der Waals surface area contributed by atoms with Crippen LogP contribution in [0, 0.1) is 0 Å². The first-order valence-corrected chi connectivity index (χ1v) is 13.6. The van der Waals surface area contributed by atoms with Crippen molar-refractivity contribution in [3.05, 3.63) is 99.0 Å². The number of rotatable bonds is 12. The van der Waals surface area contributed by atoms with Gasteiger partial charge in [0.15, 0.2) is 0 Å². The van der Waals surface area contributed by atoms with Gasteiger partial charge in [0.2, 0.25) is 5.91 Å². The van der Waals surface area contributed by atoms with Crippen LogP contribution in [0.4, 0.5) is 5.69 Å². The van der Waals surface area contributed by atoms with Crippen molar-refractivity contribution in [3.63, 3.8) is 0 Å². The van der Waals surface area contributed by atoms with Crippen LogP contribution >= 0.6 is 23.2 Å². The van der Waals surface area contributed by atoms with Gasteiger partial charge in [0.1, 0.15) is 0 Å². The number of amides is 2. The van der Waals surface area contributed by atoms with Crippen molar-refractivity contribution in [2.24, 2.45) is 0 Å². The highest BCUT2D eigenvalue weighted by molar-refractivity contribution is 7.80. The minimum Gasteiger partial charge on any atom is -0.755 e. The molecule has 0 aromatic heterocycles. The summed E-state index contributed by atoms with van der Waals surface area (Å²) in [7, 11) is 3.67. The van der Waals surface area contributed by atoms with Crippen molar-refractivity contribution in [1.29, 1.82) is 0 Å². The summed E-state index contributed by atoms with van der Waals surface area (Å²) in [5, 5.41) is 6.53. The molecule has 11 heteroatoms. The van der Waals surface area contributed by atoms with Crippen molar-refractivity contribution >= 4 is 52.0 Å². The van der Waals surface area contributed by atoms with Gasteiger partial charge in [-0.2, -0.15) is 0 Å². The minimum absolute atomic E-state index is 0.0486. The fourth-order valence-electron chi connectivity index (χ4n) is 3.64. The average molecular weight is 577 g/mol. The number of hydrogen-bond donors (Lipinski definition) is 2. The van der Waals surface area contributed by atoms with Crippen LogP contribution in [0.15, 0.2) is 66.7 Å². The summed E-state index contributed by atoms with van der Waals surface area (Å²) in [5.74, 6) is -0.329. The molecule has 0 saturated carbocycles. The predicted octanol–water partition coefficient (Wildman–Crippen LogP) is 3.94. The molecule has 2 amide bonds. The molecule has 0 saturated heterocycles. The van der Waals surface area contributed by atoms with Crippen molar-refractivity contribution in [2.75, 3.05) is 31.5 Å². The Morgan fingerprint density at radius 3 is 2.08 bits per heavy atom. The predicted molar refractivity (Wildman–Crippen MR) is 151 cm³/mol. The zero-order valence-corrected chi connectivity index (χ0v) is 23.4. The second-order valence-electron chi connectivity index (χ2n) is 8.84. The van der Waals surface area contributed by atoms with Crippen molar-refractivity contribution in [2.45, 2.75) is 19.5 Å². The Labute approximate surface area is 235 Å². The van der Waals surface area contributed by atoms with Crippen LogP contribution < -0.4 is 14.9 Å². The summed E-state index contributed by atoms with van der Waals surface area (Å²) in [6.07, 6.45) is 0.372. The summed E-state index contributed by atoms with van der Waals surface area (Å²) in [6.45, 7) is 1.25. The molecule has 0 aliphatic rings. The number of carbonyl (C=O) groups is 2. The van der Waals surface area contributed by atoms with Crippen LogP contribution in [0.5, 0.6) is 0 Å². The maximum atomic E-state index is 12.6. The van der Waals surface area contributed by atoms with Gasteiger partial charge in [0, 0.05) is 42.2 Å². The van der Waals surface area contributed by atoms with Crippen LogP contribution in [0.1, 0.15) is 27.0 Å². The standard InChI is InChI=1S/C27H30Cl2N4O4S/c1-32(2)18-25(34)30-16-19-6-8-20(9-7-19)17-31-27(35)22-10-12-23(13-11-22)33(38(36)37)15-14-21-4-3-5-24(28)26(21)29/h3-13H,14-18H2,1-2H3,(H,30,34)(H,31,35)(H,36,37)/p-1. The Morgan fingerprint density at radius 2 is 1.50 bits per heavy atom. The molecule has 1 unspecified atom stereocenters. The second-order valence-corrected chi connectivity index (χ2v) is 10.5. The molecule has 0 aliphatic carbocycles. The summed E-state index contributed by atoms with van der Waals surface area (Å²) in [5.41, 5.74) is 3.45. The molecule has 202 valence electrons. The quantitative estimate of drug-likeness (QED) is 0.318. The zero-order valence-electron chi connectivity index (χ0n) is 21.1. The van der Waals surface area contributed by atoms with E-state index in [1.54, 1.807) is 47.4 Å². The van der Waals surface area contributed by atoms with Gasteiger partial charge in [-0.15, -0.1) is 0 Å². The highest BCUT2D eigenvalue weighted by atomic mass is 35.5. The van der Waals surface area contributed by atoms with E-state index in [1.807, 2.05) is 38.4 Å². The van der Waals surface area contributed by atoms with E-state index in [0.717, 1.165) is 16.7 Å². The maximum Gasteiger partial charge on any atom is 0.251 e. The molecule has 0 fully saturated rings. The number of benzene rings is 3. The molecular formula is C27H29Cl2N4O4S-. The lowest BCUT2D eigenvalue weighted by Gasteiger charge is -2.26. The molecule has 8 nitrogen and oxygen atoms in total. The highest BCUT2D eigenvalue weighted by Gasteiger charge is 2.12. The Morgan fingerprint density at radius 1 is 0.895 bits per heavy atom. The smallest absolute Gasteiger partial charge is 0.251 e. The number of nitrogens with zero attached hydrogens (tertiary/aromatic N) is 2. The van der Waals surface area contributed by atoms with Gasteiger partial charge in [-0.1, -0.05) is 59.6 Å². The van der Waals surface area contributed by atoms with Gasteiger partial charge in [0.25, 0.3) is 5.91 Å². The number of hydrogen-bond acceptors (Lipinski definition) is 5. The molecule has 0 aliphatic heterocycles. The molecule has 38 heavy (non-hydrogen) atoms. The van der Waals surface area contributed by atoms with Crippen LogP contribution in [0.25, 0.3) is 0 Å². The van der Waals surface area contributed by atoms with Crippen LogP contribution in [-0.2, 0) is 35.6 Å². The van der Waals surface area contributed by atoms with Gasteiger partial charge in [0.05, 0.1) is 16.6 Å². The number of likely N-dealkylation sites (N-methyl/N-ethyl adjacent to an activating group) is 1. The summed E-state index contributed by atoms with van der Waals surface area (Å²) in [6, 6.07) is 19.2. The molecule has 0 spiro atoms. The van der Waals surface area contributed by atoms with Crippen molar-refractivity contribution in [3.8, 4) is 0 Å². The van der Waals surface area contributed by atoms with E-state index in [-0.39, 0.29) is 18.4 Å². The highest BCUT2D eigenvalue weighted by Crippen LogP contribution is 2.26. The number of halogens is 2. The molecule has 0 radical (unpaired) electrons. The van der Waals surface area contributed by atoms with E-state index in [9.17, 15) is 18.4 Å². The van der Waals surface area contributed by atoms with Crippen LogP contribution in [0.2, 0.25) is 10.0 Å². The van der Waals surface area contributed by atoms with Crippen LogP contribution in [-0.4, -0.2) is 52.7 Å². The molecule has 1 atom stereocenters.